The zero-order valence-electron chi connectivity index (χ0n) is 11.2. The lowest BCUT2D eigenvalue weighted by molar-refractivity contribution is -0.151. The maximum Gasteiger partial charge on any atom is 0.337 e. The van der Waals surface area contributed by atoms with Gasteiger partial charge in [-0.25, -0.2) is 4.79 Å². The van der Waals surface area contributed by atoms with Crippen LogP contribution in [0.15, 0.2) is 24.0 Å². The maximum atomic E-state index is 12.2. The summed E-state index contributed by atoms with van der Waals surface area (Å²) in [6, 6.07) is 0. The maximum absolute atomic E-state index is 12.2. The van der Waals surface area contributed by atoms with E-state index in [1.165, 1.54) is 14.2 Å². The van der Waals surface area contributed by atoms with Crippen molar-refractivity contribution in [1.82, 2.24) is 0 Å². The zero-order valence-corrected chi connectivity index (χ0v) is 11.2. The van der Waals surface area contributed by atoms with Gasteiger partial charge in [0, 0.05) is 6.42 Å². The highest BCUT2D eigenvalue weighted by atomic mass is 16.5. The second-order valence-corrected chi connectivity index (χ2v) is 4.82. The highest BCUT2D eigenvalue weighted by Gasteiger charge is 2.55. The molecule has 0 aromatic carbocycles. The standard InChI is InChI=1S/C14H18O5/c1-4-9-8-14(13(16)18-3)7-5-6-10(11(14)19-9)12(15)17-2/h4,9H,1,5-8H2,2-3H3/t9-,14+/m1/s1. The van der Waals surface area contributed by atoms with Crippen LogP contribution < -0.4 is 0 Å². The fraction of sp³-hybridized carbons (Fsp3) is 0.571. The zero-order chi connectivity index (χ0) is 14.0. The SMILES string of the molecule is C=C[C@@H]1C[C@@]2(C(=O)OC)CCCC(C(=O)OC)=C2O1. The third-order valence-corrected chi connectivity index (χ3v) is 3.83. The Morgan fingerprint density at radius 3 is 2.74 bits per heavy atom. The molecule has 2 atom stereocenters. The number of esters is 2. The Morgan fingerprint density at radius 2 is 2.16 bits per heavy atom. The number of carbonyl (C=O) groups excluding carboxylic acids is 2. The number of ether oxygens (including phenoxy) is 3. The molecule has 5 nitrogen and oxygen atoms in total. The largest absolute Gasteiger partial charge is 0.489 e. The average Bonchev–Trinajstić information content (AvgIpc) is 2.85. The minimum Gasteiger partial charge on any atom is -0.489 e. The fourth-order valence-corrected chi connectivity index (χ4v) is 2.92. The third-order valence-electron chi connectivity index (χ3n) is 3.83. The van der Waals surface area contributed by atoms with Crippen LogP contribution in [0.5, 0.6) is 0 Å². The number of hydrogen-bond acceptors (Lipinski definition) is 5. The van der Waals surface area contributed by atoms with Gasteiger partial charge in [0.15, 0.2) is 0 Å². The van der Waals surface area contributed by atoms with Gasteiger partial charge in [-0.2, -0.15) is 0 Å². The molecule has 1 heterocycles. The molecule has 104 valence electrons. The molecular weight excluding hydrogens is 248 g/mol. The topological polar surface area (TPSA) is 61.8 Å². The lowest BCUT2D eigenvalue weighted by Crippen LogP contribution is -2.35. The molecule has 1 aliphatic heterocycles. The molecule has 1 aliphatic carbocycles. The van der Waals surface area contributed by atoms with Crippen molar-refractivity contribution in [3.05, 3.63) is 24.0 Å². The Bertz CT molecular complexity index is 451. The first-order valence-corrected chi connectivity index (χ1v) is 6.28. The van der Waals surface area contributed by atoms with Crippen LogP contribution in [0.2, 0.25) is 0 Å². The molecular formula is C14H18O5. The fourth-order valence-electron chi connectivity index (χ4n) is 2.92. The van der Waals surface area contributed by atoms with Crippen LogP contribution in [0.3, 0.4) is 0 Å². The van der Waals surface area contributed by atoms with Gasteiger partial charge in [0.2, 0.25) is 0 Å². The minimum absolute atomic E-state index is 0.271. The van der Waals surface area contributed by atoms with E-state index in [1.807, 2.05) is 0 Å². The van der Waals surface area contributed by atoms with E-state index in [0.29, 0.717) is 30.6 Å². The number of carbonyl (C=O) groups is 2. The molecule has 0 amide bonds. The summed E-state index contributed by atoms with van der Waals surface area (Å²) in [6.07, 6.45) is 3.76. The Labute approximate surface area is 112 Å². The molecule has 0 bridgehead atoms. The van der Waals surface area contributed by atoms with Crippen molar-refractivity contribution in [2.75, 3.05) is 14.2 Å². The van der Waals surface area contributed by atoms with E-state index >= 15 is 0 Å². The molecule has 0 aromatic heterocycles. The van der Waals surface area contributed by atoms with E-state index in [9.17, 15) is 9.59 Å². The number of methoxy groups -OCH3 is 2. The summed E-state index contributed by atoms with van der Waals surface area (Å²) >= 11 is 0. The van der Waals surface area contributed by atoms with Crippen LogP contribution in [0, 0.1) is 5.41 Å². The van der Waals surface area contributed by atoms with E-state index < -0.39 is 11.4 Å². The Morgan fingerprint density at radius 1 is 1.42 bits per heavy atom. The van der Waals surface area contributed by atoms with Gasteiger partial charge in [0.1, 0.15) is 17.3 Å². The molecule has 5 heteroatoms. The second kappa shape index (κ2) is 5.07. The lowest BCUT2D eigenvalue weighted by Gasteiger charge is -2.30. The van der Waals surface area contributed by atoms with E-state index in [0.717, 1.165) is 6.42 Å². The summed E-state index contributed by atoms with van der Waals surface area (Å²) < 4.78 is 15.4. The Hall–Kier alpha value is -1.78. The summed E-state index contributed by atoms with van der Waals surface area (Å²) in [4.78, 5) is 24.0. The highest BCUT2D eigenvalue weighted by Crippen LogP contribution is 2.51. The highest BCUT2D eigenvalue weighted by molar-refractivity contribution is 5.92. The first-order valence-electron chi connectivity index (χ1n) is 6.28. The van der Waals surface area contributed by atoms with Crippen LogP contribution in [-0.2, 0) is 23.8 Å². The summed E-state index contributed by atoms with van der Waals surface area (Å²) in [7, 11) is 2.67. The molecule has 0 saturated carbocycles. The second-order valence-electron chi connectivity index (χ2n) is 4.82. The van der Waals surface area contributed by atoms with E-state index in [1.54, 1.807) is 6.08 Å². The van der Waals surface area contributed by atoms with Crippen molar-refractivity contribution in [3.63, 3.8) is 0 Å². The first-order chi connectivity index (χ1) is 9.08. The van der Waals surface area contributed by atoms with Crippen LogP contribution in [0.25, 0.3) is 0 Å². The van der Waals surface area contributed by atoms with Crippen molar-refractivity contribution in [2.45, 2.75) is 31.8 Å². The predicted molar refractivity (Wildman–Crippen MR) is 67.0 cm³/mol. The van der Waals surface area contributed by atoms with Gasteiger partial charge in [-0.15, -0.1) is 0 Å². The summed E-state index contributed by atoms with van der Waals surface area (Å²) in [5.74, 6) is -0.372. The van der Waals surface area contributed by atoms with Gasteiger partial charge < -0.3 is 14.2 Å². The van der Waals surface area contributed by atoms with Gasteiger partial charge in [-0.1, -0.05) is 12.7 Å². The number of rotatable bonds is 3. The first kappa shape index (κ1) is 13.6. The van der Waals surface area contributed by atoms with Crippen molar-refractivity contribution < 1.29 is 23.8 Å². The molecule has 0 radical (unpaired) electrons. The van der Waals surface area contributed by atoms with Crippen molar-refractivity contribution in [1.29, 1.82) is 0 Å². The molecule has 0 aromatic rings. The number of fused-ring (bicyclic) bond motifs is 1. The van der Waals surface area contributed by atoms with Crippen LogP contribution in [0.4, 0.5) is 0 Å². The van der Waals surface area contributed by atoms with Gasteiger partial charge >= 0.3 is 11.9 Å². The molecule has 2 aliphatic rings. The summed E-state index contributed by atoms with van der Waals surface area (Å²) in [5, 5.41) is 0. The van der Waals surface area contributed by atoms with Gasteiger partial charge in [0.25, 0.3) is 0 Å². The van der Waals surface area contributed by atoms with E-state index in [-0.39, 0.29) is 12.1 Å². The van der Waals surface area contributed by atoms with E-state index in [4.69, 9.17) is 14.2 Å². The monoisotopic (exact) mass is 266 g/mol. The molecule has 0 spiro atoms. The molecule has 0 unspecified atom stereocenters. The molecule has 1 fully saturated rings. The van der Waals surface area contributed by atoms with Crippen LogP contribution in [-0.4, -0.2) is 32.3 Å². The predicted octanol–water partition coefficient (Wildman–Crippen LogP) is 1.73. The van der Waals surface area contributed by atoms with Gasteiger partial charge in [-0.05, 0) is 19.3 Å². The average molecular weight is 266 g/mol. The minimum atomic E-state index is -0.852. The van der Waals surface area contributed by atoms with Gasteiger partial charge in [-0.3, -0.25) is 4.79 Å². The molecule has 19 heavy (non-hydrogen) atoms. The Kier molecular flexibility index (Phi) is 3.64. The van der Waals surface area contributed by atoms with Crippen molar-refractivity contribution >= 4 is 11.9 Å². The van der Waals surface area contributed by atoms with Gasteiger partial charge in [0.05, 0.1) is 19.8 Å². The summed E-state index contributed by atoms with van der Waals surface area (Å²) in [6.45, 7) is 3.69. The number of hydrogen-bond donors (Lipinski definition) is 0. The molecule has 1 saturated heterocycles. The smallest absolute Gasteiger partial charge is 0.337 e. The van der Waals surface area contributed by atoms with E-state index in [2.05, 4.69) is 6.58 Å². The normalized spacial score (nSPS) is 29.3. The summed E-state index contributed by atoms with van der Waals surface area (Å²) in [5.41, 5.74) is -0.404. The quantitative estimate of drug-likeness (QED) is 0.575. The Balaban J connectivity index is 2.51. The third kappa shape index (κ3) is 2.03. The van der Waals surface area contributed by atoms with Crippen molar-refractivity contribution in [2.24, 2.45) is 5.41 Å². The van der Waals surface area contributed by atoms with Crippen LogP contribution >= 0.6 is 0 Å². The molecule has 2 rings (SSSR count). The lowest BCUT2D eigenvalue weighted by atomic mass is 9.73. The molecule has 0 N–H and O–H groups in total. The van der Waals surface area contributed by atoms with Crippen LogP contribution in [0.1, 0.15) is 25.7 Å². The van der Waals surface area contributed by atoms with Crippen molar-refractivity contribution in [3.8, 4) is 0 Å².